The Labute approximate surface area is 236 Å². The number of carbonyl (C=O) groups excluding carboxylic acids is 4. The van der Waals surface area contributed by atoms with Crippen LogP contribution in [0.3, 0.4) is 0 Å². The maximum Gasteiger partial charge on any atom is 0.416 e. The van der Waals surface area contributed by atoms with Crippen LogP contribution in [0.4, 0.5) is 18.9 Å². The van der Waals surface area contributed by atoms with Gasteiger partial charge < -0.3 is 31.5 Å². The standard InChI is InChI=1S/C27H23F3N2O8.ClH/c28-27(29,30)13-3-1-2-11(6-13)23(38)32-16-5-4-12-9-25(24(31)39)10-14-7-15(33)8-17(34)26(14,40)22(37)19(25)21(36)18(12)20(16)35;/h1-6,14-15,33,35,37,40H,7-10H2,(H2,31,39)(H,32,38);1H. The zero-order chi connectivity index (χ0) is 29.4. The van der Waals surface area contributed by atoms with Crippen LogP contribution in [-0.2, 0) is 22.2 Å². The lowest BCUT2D eigenvalue weighted by Gasteiger charge is -2.51. The molecular weight excluding hydrogens is 573 g/mol. The van der Waals surface area contributed by atoms with E-state index >= 15 is 0 Å². The van der Waals surface area contributed by atoms with E-state index in [9.17, 15) is 52.8 Å². The zero-order valence-corrected chi connectivity index (χ0v) is 21.8. The van der Waals surface area contributed by atoms with Crippen LogP contribution in [0.25, 0.3) is 0 Å². The van der Waals surface area contributed by atoms with Crippen molar-refractivity contribution in [2.24, 2.45) is 17.1 Å². The molecule has 2 aromatic rings. The van der Waals surface area contributed by atoms with Crippen molar-refractivity contribution in [3.05, 3.63) is 70.0 Å². The lowest BCUT2D eigenvalue weighted by molar-refractivity contribution is -0.159. The van der Waals surface area contributed by atoms with Gasteiger partial charge in [0.15, 0.2) is 22.9 Å². The second-order valence-electron chi connectivity index (χ2n) is 10.4. The van der Waals surface area contributed by atoms with Gasteiger partial charge in [-0.25, -0.2) is 0 Å². The molecule has 1 fully saturated rings. The van der Waals surface area contributed by atoms with Gasteiger partial charge in [-0.15, -0.1) is 12.4 Å². The van der Waals surface area contributed by atoms with Crippen LogP contribution < -0.4 is 11.1 Å². The molecule has 1 saturated carbocycles. The minimum Gasteiger partial charge on any atom is -0.508 e. The Kier molecular flexibility index (Phi) is 7.22. The predicted octanol–water partition coefficient (Wildman–Crippen LogP) is 2.58. The Morgan fingerprint density at radius 2 is 1.78 bits per heavy atom. The van der Waals surface area contributed by atoms with E-state index in [4.69, 9.17) is 5.73 Å². The van der Waals surface area contributed by atoms with Crippen molar-refractivity contribution in [3.8, 4) is 5.75 Å². The van der Waals surface area contributed by atoms with E-state index < -0.39 is 87.2 Å². The van der Waals surface area contributed by atoms with Gasteiger partial charge in [0.05, 0.1) is 33.9 Å². The summed E-state index contributed by atoms with van der Waals surface area (Å²) in [5, 5.41) is 45.7. The number of primary amides is 1. The number of carbonyl (C=O) groups is 4. The summed E-state index contributed by atoms with van der Waals surface area (Å²) in [6.07, 6.45) is -7.18. The van der Waals surface area contributed by atoms with Gasteiger partial charge in [0.1, 0.15) is 5.76 Å². The van der Waals surface area contributed by atoms with Crippen molar-refractivity contribution >= 4 is 41.5 Å². The SMILES string of the molecule is Cl.NC(=O)C12Cc3ccc(NC(=O)c4cccc(C(F)(F)F)c4)c(O)c3C(=O)C1=C(O)C1(O)C(=O)CC(O)CC1C2. The molecule has 218 valence electrons. The Bertz CT molecular complexity index is 1540. The number of nitrogens with two attached hydrogens (primary N) is 1. The van der Waals surface area contributed by atoms with Crippen LogP contribution in [0.1, 0.15) is 51.1 Å². The maximum absolute atomic E-state index is 13.7. The minimum atomic E-state index is -4.71. The molecule has 10 nitrogen and oxygen atoms in total. The van der Waals surface area contributed by atoms with Gasteiger partial charge in [-0.05, 0) is 49.1 Å². The van der Waals surface area contributed by atoms with Crippen molar-refractivity contribution in [3.63, 3.8) is 0 Å². The highest BCUT2D eigenvalue weighted by molar-refractivity contribution is 6.19. The third-order valence-electron chi connectivity index (χ3n) is 8.05. The largest absolute Gasteiger partial charge is 0.508 e. The molecule has 0 radical (unpaired) electrons. The molecule has 3 aliphatic carbocycles. The van der Waals surface area contributed by atoms with Crippen LogP contribution in [-0.4, -0.2) is 55.5 Å². The molecule has 14 heteroatoms. The van der Waals surface area contributed by atoms with Gasteiger partial charge in [-0.3, -0.25) is 19.2 Å². The summed E-state index contributed by atoms with van der Waals surface area (Å²) in [5.41, 5.74) is -1.58. The fraction of sp³-hybridized carbons (Fsp3) is 0.333. The Morgan fingerprint density at radius 3 is 2.41 bits per heavy atom. The van der Waals surface area contributed by atoms with E-state index in [1.54, 1.807) is 0 Å². The molecule has 0 saturated heterocycles. The predicted molar refractivity (Wildman–Crippen MR) is 137 cm³/mol. The number of phenols is 1. The quantitative estimate of drug-likeness (QED) is 0.292. The third-order valence-corrected chi connectivity index (χ3v) is 8.05. The number of benzene rings is 2. The molecule has 0 bridgehead atoms. The fourth-order valence-corrected chi connectivity index (χ4v) is 6.09. The van der Waals surface area contributed by atoms with Crippen molar-refractivity contribution in [2.45, 2.75) is 43.6 Å². The second-order valence-corrected chi connectivity index (χ2v) is 10.4. The molecule has 41 heavy (non-hydrogen) atoms. The summed E-state index contributed by atoms with van der Waals surface area (Å²) in [4.78, 5) is 52.0. The highest BCUT2D eigenvalue weighted by Gasteiger charge is 2.64. The van der Waals surface area contributed by atoms with Crippen LogP contribution >= 0.6 is 12.4 Å². The summed E-state index contributed by atoms with van der Waals surface area (Å²) in [7, 11) is 0. The van der Waals surface area contributed by atoms with Crippen LogP contribution in [0.15, 0.2) is 47.7 Å². The van der Waals surface area contributed by atoms with Gasteiger partial charge >= 0.3 is 6.18 Å². The number of hydrogen-bond acceptors (Lipinski definition) is 8. The average molecular weight is 597 g/mol. The number of anilines is 1. The number of phenolic OH excluding ortho intramolecular Hbond substituents is 1. The summed E-state index contributed by atoms with van der Waals surface area (Å²) >= 11 is 0. The summed E-state index contributed by atoms with van der Waals surface area (Å²) in [5.74, 6) is -7.17. The van der Waals surface area contributed by atoms with Crippen molar-refractivity contribution in [1.29, 1.82) is 0 Å². The molecule has 4 atom stereocenters. The molecule has 2 amide bonds. The number of fused-ring (bicyclic) bond motifs is 3. The van der Waals surface area contributed by atoms with E-state index in [1.807, 2.05) is 0 Å². The maximum atomic E-state index is 13.7. The monoisotopic (exact) mass is 596 g/mol. The van der Waals surface area contributed by atoms with Crippen molar-refractivity contribution in [1.82, 2.24) is 0 Å². The molecule has 7 N–H and O–H groups in total. The normalized spacial score (nSPS) is 27.2. The van der Waals surface area contributed by atoms with E-state index in [0.717, 1.165) is 18.2 Å². The lowest BCUT2D eigenvalue weighted by Crippen LogP contribution is -2.62. The molecule has 0 aliphatic heterocycles. The number of hydrogen-bond donors (Lipinski definition) is 6. The third kappa shape index (κ3) is 4.44. The van der Waals surface area contributed by atoms with Gasteiger partial charge in [0.2, 0.25) is 5.91 Å². The second kappa shape index (κ2) is 9.86. The molecule has 2 aromatic carbocycles. The number of alkyl halides is 3. The first-order chi connectivity index (χ1) is 18.6. The molecule has 3 aliphatic rings. The Hall–Kier alpha value is -3.94. The molecule has 0 spiro atoms. The van der Waals surface area contributed by atoms with E-state index in [1.165, 1.54) is 12.1 Å². The average Bonchev–Trinajstić information content (AvgIpc) is 2.87. The van der Waals surface area contributed by atoms with Crippen LogP contribution in [0.5, 0.6) is 5.75 Å². The first kappa shape index (κ1) is 30.0. The zero-order valence-electron chi connectivity index (χ0n) is 21.0. The number of aromatic hydroxyl groups is 1. The van der Waals surface area contributed by atoms with Gasteiger partial charge in [0.25, 0.3) is 5.91 Å². The highest BCUT2D eigenvalue weighted by atomic mass is 35.5. The van der Waals surface area contributed by atoms with Gasteiger partial charge in [-0.1, -0.05) is 12.1 Å². The molecule has 0 aromatic heterocycles. The highest BCUT2D eigenvalue weighted by Crippen LogP contribution is 2.56. The number of nitrogens with one attached hydrogen (secondary N) is 1. The number of ketones is 2. The minimum absolute atomic E-state index is 0. The number of aliphatic hydroxyl groups excluding tert-OH is 2. The lowest BCUT2D eigenvalue weighted by atomic mass is 9.53. The Morgan fingerprint density at radius 1 is 1.10 bits per heavy atom. The molecule has 5 rings (SSSR count). The number of halogens is 4. The molecule has 0 heterocycles. The number of Topliss-reactive ketones (excluding diaryl/α,β-unsaturated/α-hetero) is 2. The number of aliphatic hydroxyl groups is 3. The van der Waals surface area contributed by atoms with Crippen LogP contribution in [0.2, 0.25) is 0 Å². The number of rotatable bonds is 3. The smallest absolute Gasteiger partial charge is 0.416 e. The Balaban J connectivity index is 0.00000387. The molecular formula is C27H24ClF3N2O8. The van der Waals surface area contributed by atoms with E-state index in [0.29, 0.717) is 6.07 Å². The van der Waals surface area contributed by atoms with E-state index in [-0.39, 0.29) is 48.5 Å². The van der Waals surface area contributed by atoms with Crippen LogP contribution in [0, 0.1) is 11.3 Å². The first-order valence-corrected chi connectivity index (χ1v) is 12.2. The summed E-state index contributed by atoms with van der Waals surface area (Å²) < 4.78 is 39.2. The first-order valence-electron chi connectivity index (χ1n) is 12.2. The number of amides is 2. The van der Waals surface area contributed by atoms with Crippen molar-refractivity contribution < 1.29 is 52.8 Å². The van der Waals surface area contributed by atoms with E-state index in [2.05, 4.69) is 5.32 Å². The van der Waals surface area contributed by atoms with Crippen molar-refractivity contribution in [2.75, 3.05) is 5.32 Å². The summed E-state index contributed by atoms with van der Waals surface area (Å²) in [6.45, 7) is 0. The fourth-order valence-electron chi connectivity index (χ4n) is 6.09. The summed E-state index contributed by atoms with van der Waals surface area (Å²) in [6, 6.07) is 6.01. The molecule has 4 unspecified atom stereocenters. The topological polar surface area (TPSA) is 187 Å². The van der Waals surface area contributed by atoms with Gasteiger partial charge in [0, 0.05) is 17.9 Å². The van der Waals surface area contributed by atoms with Gasteiger partial charge in [-0.2, -0.15) is 13.2 Å².